The monoisotopic (exact) mass is 403 g/mol. The number of ketones is 1. The van der Waals surface area contributed by atoms with Gasteiger partial charge >= 0.3 is 0 Å². The van der Waals surface area contributed by atoms with Crippen molar-refractivity contribution in [2.24, 2.45) is 0 Å². The predicted octanol–water partition coefficient (Wildman–Crippen LogP) is 5.91. The maximum absolute atomic E-state index is 13.2. The average molecular weight is 404 g/mol. The first-order valence-electron chi connectivity index (χ1n) is 9.40. The molecule has 0 saturated carbocycles. The minimum absolute atomic E-state index is 0. The highest BCUT2D eigenvalue weighted by molar-refractivity contribution is 6.32. The summed E-state index contributed by atoms with van der Waals surface area (Å²) in [6.07, 6.45) is 1.94. The Morgan fingerprint density at radius 1 is 0.862 bits per heavy atom. The lowest BCUT2D eigenvalue weighted by Gasteiger charge is -2.18. The van der Waals surface area contributed by atoms with Crippen LogP contribution < -0.4 is 0 Å². The van der Waals surface area contributed by atoms with Crippen molar-refractivity contribution in [3.05, 3.63) is 120 Å². The van der Waals surface area contributed by atoms with Crippen LogP contribution in [0, 0.1) is 0 Å². The fourth-order valence-corrected chi connectivity index (χ4v) is 3.15. The number of hydrogen-bond acceptors (Lipinski definition) is 2. The van der Waals surface area contributed by atoms with Crippen LogP contribution in [-0.2, 0) is 11.3 Å². The van der Waals surface area contributed by atoms with Crippen LogP contribution in [0.5, 0.6) is 0 Å². The number of allylic oxidation sites excluding steroid dienone is 1. The second kappa shape index (κ2) is 11.2. The number of nitrogens with zero attached hydrogens (tertiary/aromatic N) is 1. The van der Waals surface area contributed by atoms with E-state index in [9.17, 15) is 4.79 Å². The third kappa shape index (κ3) is 6.56. The van der Waals surface area contributed by atoms with Gasteiger partial charge in [-0.1, -0.05) is 97.6 Å². The van der Waals surface area contributed by atoms with E-state index in [-0.39, 0.29) is 18.2 Å². The van der Waals surface area contributed by atoms with Gasteiger partial charge in [-0.3, -0.25) is 9.69 Å². The van der Waals surface area contributed by atoms with Crippen molar-refractivity contribution < 1.29 is 4.79 Å². The van der Waals surface area contributed by atoms with E-state index in [0.29, 0.717) is 17.7 Å². The van der Waals surface area contributed by atoms with Gasteiger partial charge in [-0.15, -0.1) is 12.4 Å². The van der Waals surface area contributed by atoms with Gasteiger partial charge in [0.15, 0.2) is 5.78 Å². The molecule has 2 nitrogen and oxygen atoms in total. The number of rotatable bonds is 8. The summed E-state index contributed by atoms with van der Waals surface area (Å²) in [6, 6.07) is 29.9. The van der Waals surface area contributed by atoms with Crippen molar-refractivity contribution in [3.63, 3.8) is 0 Å². The standard InChI is InChI=1S/C26H25NO.ClH/c1-21(19-27(2)20-23-14-8-4-9-15-23)26(28)25(24-16-10-5-11-17-24)18-22-12-6-3-7-13-22;/h3-18H,1,19-20H2,2H3;1H/b25-18-;. The smallest absolute Gasteiger partial charge is 0.190 e. The minimum atomic E-state index is -0.0186. The molecule has 3 rings (SSSR count). The zero-order valence-electron chi connectivity index (χ0n) is 16.6. The summed E-state index contributed by atoms with van der Waals surface area (Å²) in [6.45, 7) is 5.39. The lowest BCUT2D eigenvalue weighted by molar-refractivity contribution is -0.110. The molecule has 0 radical (unpaired) electrons. The average Bonchev–Trinajstić information content (AvgIpc) is 2.73. The Balaban J connectivity index is 0.00000300. The lowest BCUT2D eigenvalue weighted by Crippen LogP contribution is -2.23. The SMILES string of the molecule is C=C(CN(C)Cc1ccccc1)C(=O)/C(=C\c1ccccc1)c1ccccc1.Cl. The Morgan fingerprint density at radius 3 is 1.97 bits per heavy atom. The van der Waals surface area contributed by atoms with Gasteiger partial charge < -0.3 is 0 Å². The Bertz CT molecular complexity index is 950. The lowest BCUT2D eigenvalue weighted by atomic mass is 9.95. The first-order chi connectivity index (χ1) is 13.6. The first-order valence-corrected chi connectivity index (χ1v) is 9.40. The summed E-state index contributed by atoms with van der Waals surface area (Å²) < 4.78 is 0. The van der Waals surface area contributed by atoms with E-state index in [1.165, 1.54) is 5.56 Å². The van der Waals surface area contributed by atoms with Gasteiger partial charge in [0.05, 0.1) is 0 Å². The number of hydrogen-bond donors (Lipinski definition) is 0. The van der Waals surface area contributed by atoms with E-state index in [1.807, 2.05) is 92.0 Å². The van der Waals surface area contributed by atoms with Crippen LogP contribution in [0.2, 0.25) is 0 Å². The van der Waals surface area contributed by atoms with E-state index in [2.05, 4.69) is 23.6 Å². The fraction of sp³-hybridized carbons (Fsp3) is 0.115. The van der Waals surface area contributed by atoms with E-state index in [4.69, 9.17) is 0 Å². The third-order valence-electron chi connectivity index (χ3n) is 4.52. The molecule has 0 heterocycles. The molecule has 0 aliphatic heterocycles. The van der Waals surface area contributed by atoms with Crippen LogP contribution in [0.4, 0.5) is 0 Å². The molecule has 3 heteroatoms. The van der Waals surface area contributed by atoms with Crippen LogP contribution in [0.15, 0.2) is 103 Å². The molecule has 0 aliphatic carbocycles. The van der Waals surface area contributed by atoms with Gasteiger partial charge in [0, 0.05) is 24.2 Å². The second-order valence-electron chi connectivity index (χ2n) is 6.93. The molecule has 0 aromatic heterocycles. The molecule has 3 aromatic carbocycles. The Labute approximate surface area is 179 Å². The molecule has 0 atom stereocenters. The number of likely N-dealkylation sites (N-methyl/N-ethyl adjacent to an activating group) is 1. The molecule has 0 N–H and O–H groups in total. The molecule has 0 unspecified atom stereocenters. The molecule has 29 heavy (non-hydrogen) atoms. The highest BCUT2D eigenvalue weighted by atomic mass is 35.5. The van der Waals surface area contributed by atoms with Crippen molar-refractivity contribution in [2.45, 2.75) is 6.54 Å². The number of carbonyl (C=O) groups excluding carboxylic acids is 1. The summed E-state index contributed by atoms with van der Waals surface area (Å²) in [7, 11) is 2.01. The maximum atomic E-state index is 13.2. The van der Waals surface area contributed by atoms with Crippen molar-refractivity contribution in [2.75, 3.05) is 13.6 Å². The maximum Gasteiger partial charge on any atom is 0.190 e. The van der Waals surface area contributed by atoms with Crippen LogP contribution in [0.3, 0.4) is 0 Å². The van der Waals surface area contributed by atoms with Crippen LogP contribution in [0.25, 0.3) is 11.6 Å². The molecular formula is C26H26ClNO. The predicted molar refractivity (Wildman–Crippen MR) is 125 cm³/mol. The molecule has 0 bridgehead atoms. The normalized spacial score (nSPS) is 11.0. The third-order valence-corrected chi connectivity index (χ3v) is 4.52. The Morgan fingerprint density at radius 2 is 1.38 bits per heavy atom. The summed E-state index contributed by atoms with van der Waals surface area (Å²) in [5.74, 6) is -0.0186. The summed E-state index contributed by atoms with van der Waals surface area (Å²) in [5, 5.41) is 0. The molecule has 0 fully saturated rings. The zero-order chi connectivity index (χ0) is 19.8. The van der Waals surface area contributed by atoms with E-state index >= 15 is 0 Å². The van der Waals surface area contributed by atoms with Gasteiger partial charge in [-0.05, 0) is 29.8 Å². The number of Topliss-reactive ketones (excluding diaryl/α,β-unsaturated/α-hetero) is 1. The number of benzene rings is 3. The van der Waals surface area contributed by atoms with Gasteiger partial charge in [0.25, 0.3) is 0 Å². The molecule has 0 saturated heterocycles. The van der Waals surface area contributed by atoms with Crippen molar-refractivity contribution in [1.82, 2.24) is 4.90 Å². The van der Waals surface area contributed by atoms with E-state index in [0.717, 1.165) is 17.7 Å². The summed E-state index contributed by atoms with van der Waals surface area (Å²) in [5.41, 5.74) is 4.38. The second-order valence-corrected chi connectivity index (χ2v) is 6.93. The highest BCUT2D eigenvalue weighted by Gasteiger charge is 2.17. The van der Waals surface area contributed by atoms with Gasteiger partial charge in [0.2, 0.25) is 0 Å². The molecule has 0 amide bonds. The van der Waals surface area contributed by atoms with Crippen LogP contribution in [0.1, 0.15) is 16.7 Å². The minimum Gasteiger partial charge on any atom is -0.298 e. The fourth-order valence-electron chi connectivity index (χ4n) is 3.15. The van der Waals surface area contributed by atoms with Gasteiger partial charge in [0.1, 0.15) is 0 Å². The Kier molecular flexibility index (Phi) is 8.60. The Hall–Kier alpha value is -2.94. The molecule has 148 valence electrons. The molecule has 0 aliphatic rings. The number of halogens is 1. The summed E-state index contributed by atoms with van der Waals surface area (Å²) in [4.78, 5) is 15.4. The molecule has 3 aromatic rings. The topological polar surface area (TPSA) is 20.3 Å². The van der Waals surface area contributed by atoms with Gasteiger partial charge in [-0.2, -0.15) is 0 Å². The van der Waals surface area contributed by atoms with E-state index < -0.39 is 0 Å². The first kappa shape index (κ1) is 22.4. The largest absolute Gasteiger partial charge is 0.298 e. The van der Waals surface area contributed by atoms with Gasteiger partial charge in [-0.25, -0.2) is 0 Å². The van der Waals surface area contributed by atoms with E-state index in [1.54, 1.807) is 0 Å². The van der Waals surface area contributed by atoms with Crippen LogP contribution in [-0.4, -0.2) is 24.3 Å². The van der Waals surface area contributed by atoms with Crippen molar-refractivity contribution >= 4 is 29.8 Å². The zero-order valence-corrected chi connectivity index (χ0v) is 17.4. The van der Waals surface area contributed by atoms with Crippen molar-refractivity contribution in [3.8, 4) is 0 Å². The number of carbonyl (C=O) groups is 1. The quantitative estimate of drug-likeness (QED) is 0.344. The highest BCUT2D eigenvalue weighted by Crippen LogP contribution is 2.22. The van der Waals surface area contributed by atoms with Crippen molar-refractivity contribution in [1.29, 1.82) is 0 Å². The van der Waals surface area contributed by atoms with Crippen LogP contribution >= 0.6 is 12.4 Å². The summed E-state index contributed by atoms with van der Waals surface area (Å²) >= 11 is 0. The molecule has 0 spiro atoms. The molecular weight excluding hydrogens is 378 g/mol.